The molecular formula is C23H17F4N4. The molecule has 0 saturated carbocycles. The zero-order chi connectivity index (χ0) is 22.2. The van der Waals surface area contributed by atoms with E-state index in [-0.39, 0.29) is 11.6 Å². The minimum absolute atomic E-state index is 0.000546. The lowest BCUT2D eigenvalue weighted by molar-refractivity contribution is -0.141. The highest BCUT2D eigenvalue weighted by Crippen LogP contribution is 2.37. The average molecular weight is 425 g/mol. The van der Waals surface area contributed by atoms with Crippen LogP contribution in [0.15, 0.2) is 60.7 Å². The molecule has 2 aromatic carbocycles. The molecule has 1 radical (unpaired) electrons. The van der Waals surface area contributed by atoms with Gasteiger partial charge in [0.05, 0.1) is 5.52 Å². The highest BCUT2D eigenvalue weighted by Gasteiger charge is 2.33. The average Bonchev–Trinajstić information content (AvgIpc) is 2.73. The number of alkyl halides is 3. The van der Waals surface area contributed by atoms with E-state index in [4.69, 9.17) is 5.73 Å². The molecule has 1 unspecified atom stereocenters. The van der Waals surface area contributed by atoms with Gasteiger partial charge in [0.1, 0.15) is 23.1 Å². The molecule has 1 atom stereocenters. The maximum atomic E-state index is 13.3. The molecule has 0 fully saturated rings. The topological polar surface area (TPSA) is 63.8 Å². The number of nitrogens with one attached hydrogen (secondary N) is 1. The molecular weight excluding hydrogens is 408 g/mol. The standard InChI is InChI=1S/C23H17F4N4/c1-13(14-6-8-16(24)9-7-14)29-22-17(10-11-20(31-22)23(25,26)27)18-12-15-4-2-3-5-19(15)30-21(18)28/h2-4,6-13H,1H3,(H2,28,30)(H,29,31). The Morgan fingerprint density at radius 3 is 2.45 bits per heavy atom. The van der Waals surface area contributed by atoms with Crippen LogP contribution >= 0.6 is 0 Å². The summed E-state index contributed by atoms with van der Waals surface area (Å²) >= 11 is 0. The molecule has 0 amide bonds. The number of nitrogens with two attached hydrogens (primary N) is 1. The molecule has 0 spiro atoms. The summed E-state index contributed by atoms with van der Waals surface area (Å²) in [5.41, 5.74) is 7.14. The second-order valence-corrected chi connectivity index (χ2v) is 7.04. The quantitative estimate of drug-likeness (QED) is 0.393. The van der Waals surface area contributed by atoms with Gasteiger partial charge in [0, 0.05) is 28.6 Å². The number of aromatic nitrogens is 2. The molecule has 31 heavy (non-hydrogen) atoms. The van der Waals surface area contributed by atoms with Gasteiger partial charge in [-0.15, -0.1) is 0 Å². The third-order valence-corrected chi connectivity index (χ3v) is 4.87. The molecule has 4 aromatic rings. The van der Waals surface area contributed by atoms with Gasteiger partial charge in [-0.1, -0.05) is 30.3 Å². The third-order valence-electron chi connectivity index (χ3n) is 4.87. The van der Waals surface area contributed by atoms with Crippen molar-refractivity contribution in [2.24, 2.45) is 0 Å². The van der Waals surface area contributed by atoms with Crippen molar-refractivity contribution >= 4 is 22.5 Å². The van der Waals surface area contributed by atoms with E-state index in [2.05, 4.69) is 21.4 Å². The lowest BCUT2D eigenvalue weighted by Crippen LogP contribution is -2.14. The van der Waals surface area contributed by atoms with Crippen molar-refractivity contribution in [2.45, 2.75) is 19.1 Å². The summed E-state index contributed by atoms with van der Waals surface area (Å²) in [6, 6.07) is 17.5. The fourth-order valence-corrected chi connectivity index (χ4v) is 3.26. The first-order valence-electron chi connectivity index (χ1n) is 9.40. The van der Waals surface area contributed by atoms with Gasteiger partial charge in [-0.2, -0.15) is 13.2 Å². The van der Waals surface area contributed by atoms with Crippen molar-refractivity contribution in [3.8, 4) is 11.1 Å². The minimum atomic E-state index is -4.61. The number of pyridine rings is 2. The first-order valence-corrected chi connectivity index (χ1v) is 9.40. The van der Waals surface area contributed by atoms with Gasteiger partial charge >= 0.3 is 6.18 Å². The van der Waals surface area contributed by atoms with E-state index in [0.29, 0.717) is 22.2 Å². The number of benzene rings is 2. The molecule has 2 heterocycles. The molecule has 0 bridgehead atoms. The van der Waals surface area contributed by atoms with Crippen LogP contribution in [0.3, 0.4) is 0 Å². The Hall–Kier alpha value is -3.68. The number of fused-ring (bicyclic) bond motifs is 1. The second-order valence-electron chi connectivity index (χ2n) is 7.04. The molecule has 0 aliphatic carbocycles. The van der Waals surface area contributed by atoms with Gasteiger partial charge in [-0.3, -0.25) is 0 Å². The van der Waals surface area contributed by atoms with Crippen LogP contribution in [0.5, 0.6) is 0 Å². The highest BCUT2D eigenvalue weighted by molar-refractivity contribution is 5.91. The van der Waals surface area contributed by atoms with Gasteiger partial charge < -0.3 is 11.1 Å². The summed E-state index contributed by atoms with van der Waals surface area (Å²) in [6.45, 7) is 1.75. The molecule has 157 valence electrons. The second kappa shape index (κ2) is 7.86. The molecule has 8 heteroatoms. The SMILES string of the molecule is CC(Nc1nc(C(F)(F)F)ccc1-c1cc2ccc[c]c2nc1N)c1ccc(F)cc1. The molecule has 0 aliphatic rings. The number of anilines is 2. The van der Waals surface area contributed by atoms with Gasteiger partial charge in [-0.25, -0.2) is 14.4 Å². The van der Waals surface area contributed by atoms with Crippen molar-refractivity contribution in [2.75, 3.05) is 11.1 Å². The fourth-order valence-electron chi connectivity index (χ4n) is 3.26. The van der Waals surface area contributed by atoms with Gasteiger partial charge in [0.2, 0.25) is 0 Å². The van der Waals surface area contributed by atoms with Crippen molar-refractivity contribution in [1.82, 2.24) is 9.97 Å². The maximum absolute atomic E-state index is 13.3. The number of nitrogens with zero attached hydrogens (tertiary/aromatic N) is 2. The summed E-state index contributed by atoms with van der Waals surface area (Å²) in [7, 11) is 0. The zero-order valence-corrected chi connectivity index (χ0v) is 16.3. The number of para-hydroxylation sites is 1. The normalized spacial score (nSPS) is 12.7. The number of halogens is 4. The van der Waals surface area contributed by atoms with Crippen LogP contribution in [0.2, 0.25) is 0 Å². The van der Waals surface area contributed by atoms with Crippen molar-refractivity contribution < 1.29 is 17.6 Å². The van der Waals surface area contributed by atoms with Crippen molar-refractivity contribution in [1.29, 1.82) is 0 Å². The number of hydrogen-bond acceptors (Lipinski definition) is 4. The predicted molar refractivity (Wildman–Crippen MR) is 112 cm³/mol. The van der Waals surface area contributed by atoms with E-state index in [1.165, 1.54) is 18.2 Å². The molecule has 3 N–H and O–H groups in total. The highest BCUT2D eigenvalue weighted by atomic mass is 19.4. The van der Waals surface area contributed by atoms with Crippen molar-refractivity contribution in [3.05, 3.63) is 83.8 Å². The van der Waals surface area contributed by atoms with Gasteiger partial charge in [0.25, 0.3) is 0 Å². The fraction of sp³-hybridized carbons (Fsp3) is 0.130. The maximum Gasteiger partial charge on any atom is 0.433 e. The molecule has 4 rings (SSSR count). The largest absolute Gasteiger partial charge is 0.433 e. The van der Waals surface area contributed by atoms with Crippen LogP contribution < -0.4 is 11.1 Å². The van der Waals surface area contributed by atoms with E-state index in [1.807, 2.05) is 6.07 Å². The Balaban J connectivity index is 1.82. The van der Waals surface area contributed by atoms with Gasteiger partial charge in [-0.05, 0) is 42.8 Å². The smallest absolute Gasteiger partial charge is 0.383 e. The van der Waals surface area contributed by atoms with E-state index < -0.39 is 23.7 Å². The summed E-state index contributed by atoms with van der Waals surface area (Å²) in [5.74, 6) is -0.256. The molecule has 2 aromatic heterocycles. The summed E-state index contributed by atoms with van der Waals surface area (Å²) < 4.78 is 53.2. The Morgan fingerprint density at radius 2 is 1.74 bits per heavy atom. The van der Waals surface area contributed by atoms with Crippen LogP contribution in [0, 0.1) is 11.9 Å². The Labute approximate surface area is 175 Å². The number of hydrogen-bond donors (Lipinski definition) is 2. The van der Waals surface area contributed by atoms with Gasteiger partial charge in [0.15, 0.2) is 0 Å². The van der Waals surface area contributed by atoms with Crippen LogP contribution in [0.1, 0.15) is 24.2 Å². The number of nitrogen functional groups attached to an aromatic ring is 1. The van der Waals surface area contributed by atoms with Crippen LogP contribution in [-0.2, 0) is 6.18 Å². The first kappa shape index (κ1) is 20.6. The summed E-state index contributed by atoms with van der Waals surface area (Å²) in [5, 5.41) is 3.75. The third kappa shape index (κ3) is 4.28. The zero-order valence-electron chi connectivity index (χ0n) is 16.3. The van der Waals surface area contributed by atoms with E-state index in [9.17, 15) is 17.6 Å². The first-order chi connectivity index (χ1) is 14.7. The van der Waals surface area contributed by atoms with E-state index >= 15 is 0 Å². The van der Waals surface area contributed by atoms with Crippen LogP contribution in [0.25, 0.3) is 22.0 Å². The van der Waals surface area contributed by atoms with E-state index in [1.54, 1.807) is 37.3 Å². The van der Waals surface area contributed by atoms with Crippen LogP contribution in [0.4, 0.5) is 29.2 Å². The predicted octanol–water partition coefficient (Wildman–Crippen LogP) is 6.01. The Kier molecular flexibility index (Phi) is 5.22. The lowest BCUT2D eigenvalue weighted by Gasteiger charge is -2.20. The van der Waals surface area contributed by atoms with Crippen LogP contribution in [-0.4, -0.2) is 9.97 Å². The Bertz CT molecular complexity index is 1240. The molecule has 0 saturated heterocycles. The van der Waals surface area contributed by atoms with Crippen molar-refractivity contribution in [3.63, 3.8) is 0 Å². The summed E-state index contributed by atoms with van der Waals surface area (Å²) in [4.78, 5) is 8.14. The summed E-state index contributed by atoms with van der Waals surface area (Å²) in [6.07, 6.45) is -4.61. The Morgan fingerprint density at radius 1 is 1.00 bits per heavy atom. The minimum Gasteiger partial charge on any atom is -0.383 e. The molecule has 0 aliphatic heterocycles. The molecule has 4 nitrogen and oxygen atoms in total. The lowest BCUT2D eigenvalue weighted by atomic mass is 10.0. The van der Waals surface area contributed by atoms with E-state index in [0.717, 1.165) is 11.5 Å². The monoisotopic (exact) mass is 425 g/mol. The number of rotatable bonds is 4.